The van der Waals surface area contributed by atoms with E-state index >= 15 is 0 Å². The van der Waals surface area contributed by atoms with Gasteiger partial charge in [0.1, 0.15) is 11.6 Å². The Bertz CT molecular complexity index is 953. The molecule has 0 bridgehead atoms. The van der Waals surface area contributed by atoms with E-state index in [1.54, 1.807) is 48.7 Å². The lowest BCUT2D eigenvalue weighted by Crippen LogP contribution is -2.35. The molecule has 0 N–H and O–H groups in total. The number of para-hydroxylation sites is 2. The number of carbonyl (C=O) groups excluding carboxylic acids is 1. The summed E-state index contributed by atoms with van der Waals surface area (Å²) < 4.78 is 24.2. The van der Waals surface area contributed by atoms with Crippen molar-refractivity contribution in [1.29, 1.82) is 0 Å². The van der Waals surface area contributed by atoms with Gasteiger partial charge >= 0.3 is 0 Å². The number of hydrogen-bond acceptors (Lipinski definition) is 4. The van der Waals surface area contributed by atoms with Crippen molar-refractivity contribution in [3.05, 3.63) is 83.3 Å². The number of amides is 1. The van der Waals surface area contributed by atoms with Crippen LogP contribution in [0, 0.1) is 5.82 Å². The number of hydrogen-bond donors (Lipinski definition) is 0. The molecule has 0 atom stereocenters. The molecule has 2 aromatic carbocycles. The van der Waals surface area contributed by atoms with E-state index in [4.69, 9.17) is 21.1 Å². The quantitative estimate of drug-likeness (QED) is 0.586. The summed E-state index contributed by atoms with van der Waals surface area (Å²) in [6, 6.07) is 16.3. The van der Waals surface area contributed by atoms with Gasteiger partial charge in [-0.25, -0.2) is 9.37 Å². The Balaban J connectivity index is 1.81. The second-order valence-electron chi connectivity index (χ2n) is 5.84. The molecular formula is C21H18ClFN2O3. The zero-order valence-electron chi connectivity index (χ0n) is 15.1. The highest BCUT2D eigenvalue weighted by molar-refractivity contribution is 6.31. The minimum atomic E-state index is -0.441. The van der Waals surface area contributed by atoms with Crippen molar-refractivity contribution in [2.24, 2.45) is 0 Å². The van der Waals surface area contributed by atoms with E-state index in [0.29, 0.717) is 22.9 Å². The maximum atomic E-state index is 13.3. The van der Waals surface area contributed by atoms with E-state index in [-0.39, 0.29) is 24.1 Å². The lowest BCUT2D eigenvalue weighted by molar-refractivity contribution is -0.120. The summed E-state index contributed by atoms with van der Waals surface area (Å²) in [4.78, 5) is 18.6. The lowest BCUT2D eigenvalue weighted by atomic mass is 10.2. The van der Waals surface area contributed by atoms with E-state index < -0.39 is 5.82 Å². The maximum absolute atomic E-state index is 13.3. The number of nitrogens with zero attached hydrogens (tertiary/aromatic N) is 2. The number of pyridine rings is 1. The molecule has 0 unspecified atom stereocenters. The normalized spacial score (nSPS) is 10.4. The second kappa shape index (κ2) is 9.19. The summed E-state index contributed by atoms with van der Waals surface area (Å²) in [5.41, 5.74) is 0.597. The predicted molar refractivity (Wildman–Crippen MR) is 105 cm³/mol. The van der Waals surface area contributed by atoms with E-state index in [2.05, 4.69) is 4.98 Å². The Labute approximate surface area is 167 Å². The molecule has 0 fully saturated rings. The zero-order valence-corrected chi connectivity index (χ0v) is 15.9. The number of aromatic nitrogens is 1. The van der Waals surface area contributed by atoms with Crippen LogP contribution in [0.25, 0.3) is 0 Å². The van der Waals surface area contributed by atoms with Crippen LogP contribution in [0.15, 0.2) is 66.9 Å². The molecule has 1 aromatic heterocycles. The number of benzene rings is 2. The van der Waals surface area contributed by atoms with E-state index in [0.717, 1.165) is 0 Å². The average Bonchev–Trinajstić information content (AvgIpc) is 2.72. The van der Waals surface area contributed by atoms with Crippen molar-refractivity contribution in [3.8, 4) is 11.5 Å². The van der Waals surface area contributed by atoms with Gasteiger partial charge in [-0.2, -0.15) is 0 Å². The summed E-state index contributed by atoms with van der Waals surface area (Å²) in [5.74, 6) is 0.658. The lowest BCUT2D eigenvalue weighted by Gasteiger charge is -2.22. The molecular weight excluding hydrogens is 383 g/mol. The number of anilines is 1. The van der Waals surface area contributed by atoms with Gasteiger partial charge in [0.25, 0.3) is 5.91 Å². The van der Waals surface area contributed by atoms with Gasteiger partial charge < -0.3 is 9.47 Å². The molecule has 3 aromatic rings. The first kappa shape index (κ1) is 19.6. The van der Waals surface area contributed by atoms with Crippen LogP contribution in [0.2, 0.25) is 5.02 Å². The highest BCUT2D eigenvalue weighted by Gasteiger charge is 2.20. The molecule has 5 nitrogen and oxygen atoms in total. The molecule has 3 rings (SSSR count). The summed E-state index contributed by atoms with van der Waals surface area (Å²) in [5, 5.41) is 0.236. The van der Waals surface area contributed by atoms with Crippen LogP contribution >= 0.6 is 11.6 Å². The monoisotopic (exact) mass is 400 g/mol. The Morgan fingerprint density at radius 3 is 2.54 bits per heavy atom. The van der Waals surface area contributed by atoms with Gasteiger partial charge in [-0.1, -0.05) is 35.9 Å². The highest BCUT2D eigenvalue weighted by Crippen LogP contribution is 2.26. The molecule has 0 radical (unpaired) electrons. The second-order valence-corrected chi connectivity index (χ2v) is 6.25. The number of carbonyl (C=O) groups is 1. The SMILES string of the molecule is COc1ccccc1OCC(=O)N(Cc1ccc(F)cc1Cl)c1ccccn1. The van der Waals surface area contributed by atoms with Crippen molar-refractivity contribution in [1.82, 2.24) is 4.98 Å². The number of halogens is 2. The maximum Gasteiger partial charge on any atom is 0.266 e. The Morgan fingerprint density at radius 2 is 1.86 bits per heavy atom. The van der Waals surface area contributed by atoms with Crippen molar-refractivity contribution in [2.75, 3.05) is 18.6 Å². The molecule has 1 amide bonds. The van der Waals surface area contributed by atoms with Gasteiger partial charge in [0.05, 0.1) is 13.7 Å². The van der Waals surface area contributed by atoms with Crippen molar-refractivity contribution < 1.29 is 18.7 Å². The van der Waals surface area contributed by atoms with Gasteiger partial charge in [-0.15, -0.1) is 0 Å². The summed E-state index contributed by atoms with van der Waals surface area (Å²) >= 11 is 6.13. The molecule has 0 saturated carbocycles. The molecule has 1 heterocycles. The van der Waals surface area contributed by atoms with Crippen LogP contribution in [0.4, 0.5) is 10.2 Å². The summed E-state index contributed by atoms with van der Waals surface area (Å²) in [6.07, 6.45) is 1.59. The summed E-state index contributed by atoms with van der Waals surface area (Å²) in [7, 11) is 1.53. The fraction of sp³-hybridized carbons (Fsp3) is 0.143. The predicted octanol–water partition coefficient (Wildman–Crippen LogP) is 4.49. The van der Waals surface area contributed by atoms with Crippen LogP contribution in [0.5, 0.6) is 11.5 Å². The summed E-state index contributed by atoms with van der Waals surface area (Å²) in [6.45, 7) is -0.0972. The van der Waals surface area contributed by atoms with Crippen LogP contribution in [0.1, 0.15) is 5.56 Å². The first-order chi connectivity index (χ1) is 13.6. The third kappa shape index (κ3) is 4.78. The Morgan fingerprint density at radius 1 is 1.11 bits per heavy atom. The number of methoxy groups -OCH3 is 1. The van der Waals surface area contributed by atoms with Gasteiger partial charge in [0.2, 0.25) is 0 Å². The van der Waals surface area contributed by atoms with Crippen LogP contribution < -0.4 is 14.4 Å². The molecule has 0 spiro atoms. The fourth-order valence-electron chi connectivity index (χ4n) is 2.59. The molecule has 28 heavy (non-hydrogen) atoms. The van der Waals surface area contributed by atoms with Gasteiger partial charge in [-0.05, 0) is 42.0 Å². The first-order valence-corrected chi connectivity index (χ1v) is 8.87. The average molecular weight is 401 g/mol. The van der Waals surface area contributed by atoms with Crippen molar-refractivity contribution in [2.45, 2.75) is 6.54 Å². The fourth-order valence-corrected chi connectivity index (χ4v) is 2.81. The third-order valence-corrected chi connectivity index (χ3v) is 4.34. The molecule has 7 heteroatoms. The zero-order chi connectivity index (χ0) is 19.9. The molecule has 0 saturated heterocycles. The van der Waals surface area contributed by atoms with Crippen LogP contribution in [0.3, 0.4) is 0 Å². The molecule has 0 aliphatic heterocycles. The van der Waals surface area contributed by atoms with E-state index in [1.165, 1.54) is 24.1 Å². The van der Waals surface area contributed by atoms with Gasteiger partial charge in [0, 0.05) is 11.2 Å². The van der Waals surface area contributed by atoms with E-state index in [9.17, 15) is 9.18 Å². The van der Waals surface area contributed by atoms with E-state index in [1.807, 2.05) is 6.07 Å². The minimum Gasteiger partial charge on any atom is -0.493 e. The standard InChI is InChI=1S/C21H18ClFN2O3/c1-27-18-6-2-3-7-19(18)28-14-21(26)25(20-8-4-5-11-24-20)13-15-9-10-16(23)12-17(15)22/h2-12H,13-14H2,1H3. The van der Waals surface area contributed by atoms with Gasteiger partial charge in [0.15, 0.2) is 18.1 Å². The van der Waals surface area contributed by atoms with Crippen LogP contribution in [-0.4, -0.2) is 24.6 Å². The largest absolute Gasteiger partial charge is 0.493 e. The Kier molecular flexibility index (Phi) is 6.45. The molecule has 0 aliphatic carbocycles. The Hall–Kier alpha value is -3.12. The number of rotatable bonds is 7. The van der Waals surface area contributed by atoms with Crippen LogP contribution in [-0.2, 0) is 11.3 Å². The molecule has 144 valence electrons. The van der Waals surface area contributed by atoms with Crippen molar-refractivity contribution >= 4 is 23.3 Å². The topological polar surface area (TPSA) is 51.7 Å². The third-order valence-electron chi connectivity index (χ3n) is 3.99. The highest BCUT2D eigenvalue weighted by atomic mass is 35.5. The first-order valence-electron chi connectivity index (χ1n) is 8.49. The minimum absolute atomic E-state index is 0.129. The van der Waals surface area contributed by atoms with Gasteiger partial charge in [-0.3, -0.25) is 9.69 Å². The smallest absolute Gasteiger partial charge is 0.266 e. The van der Waals surface area contributed by atoms with Crippen molar-refractivity contribution in [3.63, 3.8) is 0 Å². The molecule has 0 aliphatic rings. The number of ether oxygens (including phenoxy) is 2.